The summed E-state index contributed by atoms with van der Waals surface area (Å²) in [4.78, 5) is 0. The molecule has 0 N–H and O–H groups in total. The fraction of sp³-hybridized carbons (Fsp3) is 0.625. The van der Waals surface area contributed by atoms with Crippen molar-refractivity contribution in [1.82, 2.24) is 0 Å². The molecule has 1 nitrogen and oxygen atoms in total. The van der Waals surface area contributed by atoms with Crippen LogP contribution in [0.2, 0.25) is 0 Å². The van der Waals surface area contributed by atoms with Crippen molar-refractivity contribution in [3.05, 3.63) is 29.8 Å². The molecule has 0 radical (unpaired) electrons. The molecule has 94 valence electrons. The Morgan fingerprint density at radius 3 is 2.24 bits per heavy atom. The lowest BCUT2D eigenvalue weighted by molar-refractivity contribution is 0.308. The Bertz CT molecular complexity index is 320. The van der Waals surface area contributed by atoms with Gasteiger partial charge in [0.15, 0.2) is 0 Å². The van der Waals surface area contributed by atoms with Crippen LogP contribution in [0.25, 0.3) is 0 Å². The minimum Gasteiger partial charge on any atom is -0.497 e. The fourth-order valence-corrected chi connectivity index (χ4v) is 3.07. The Hall–Kier alpha value is -0.980. The summed E-state index contributed by atoms with van der Waals surface area (Å²) in [5.74, 6) is 2.75. The molecule has 17 heavy (non-hydrogen) atoms. The van der Waals surface area contributed by atoms with Crippen LogP contribution < -0.4 is 4.74 Å². The Morgan fingerprint density at radius 1 is 1.06 bits per heavy atom. The van der Waals surface area contributed by atoms with Crippen molar-refractivity contribution in [3.63, 3.8) is 0 Å². The summed E-state index contributed by atoms with van der Waals surface area (Å²) < 4.78 is 5.21. The van der Waals surface area contributed by atoms with E-state index in [0.29, 0.717) is 0 Å². The Kier molecular flexibility index (Phi) is 4.47. The quantitative estimate of drug-likeness (QED) is 0.726. The molecule has 1 aliphatic rings. The molecule has 0 saturated heterocycles. The molecule has 0 aliphatic heterocycles. The molecule has 2 rings (SSSR count). The summed E-state index contributed by atoms with van der Waals surface area (Å²) in [6.45, 7) is 2.30. The largest absolute Gasteiger partial charge is 0.497 e. The zero-order chi connectivity index (χ0) is 12.1. The highest BCUT2D eigenvalue weighted by Crippen LogP contribution is 2.37. The molecule has 1 fully saturated rings. The molecule has 0 spiro atoms. The van der Waals surface area contributed by atoms with Gasteiger partial charge in [0.25, 0.3) is 0 Å². The van der Waals surface area contributed by atoms with Gasteiger partial charge in [-0.3, -0.25) is 0 Å². The van der Waals surface area contributed by atoms with Gasteiger partial charge in [-0.25, -0.2) is 0 Å². The van der Waals surface area contributed by atoms with Crippen LogP contribution in [-0.2, 0) is 0 Å². The van der Waals surface area contributed by atoms with Crippen LogP contribution in [0.4, 0.5) is 0 Å². The Labute approximate surface area is 105 Å². The van der Waals surface area contributed by atoms with E-state index >= 15 is 0 Å². The first-order chi connectivity index (χ1) is 8.33. The number of methoxy groups -OCH3 is 1. The van der Waals surface area contributed by atoms with Gasteiger partial charge in [0.2, 0.25) is 0 Å². The van der Waals surface area contributed by atoms with E-state index in [4.69, 9.17) is 4.74 Å². The topological polar surface area (TPSA) is 9.23 Å². The summed E-state index contributed by atoms with van der Waals surface area (Å²) in [6, 6.07) is 8.66. The summed E-state index contributed by atoms with van der Waals surface area (Å²) >= 11 is 0. The van der Waals surface area contributed by atoms with Crippen molar-refractivity contribution in [1.29, 1.82) is 0 Å². The molecule has 1 aliphatic carbocycles. The summed E-state index contributed by atoms with van der Waals surface area (Å²) in [6.07, 6.45) is 8.36. The first kappa shape index (κ1) is 12.5. The molecular formula is C16H24O. The van der Waals surface area contributed by atoms with Crippen molar-refractivity contribution in [2.24, 2.45) is 5.92 Å². The monoisotopic (exact) mass is 232 g/mol. The van der Waals surface area contributed by atoms with Gasteiger partial charge in [-0.1, -0.05) is 31.9 Å². The van der Waals surface area contributed by atoms with Crippen LogP contribution in [0.3, 0.4) is 0 Å². The average molecular weight is 232 g/mol. The van der Waals surface area contributed by atoms with Gasteiger partial charge in [0.1, 0.15) is 5.75 Å². The van der Waals surface area contributed by atoms with Crippen LogP contribution in [0, 0.1) is 5.92 Å². The predicted molar refractivity (Wildman–Crippen MR) is 72.6 cm³/mol. The first-order valence-electron chi connectivity index (χ1n) is 6.97. The van der Waals surface area contributed by atoms with Crippen molar-refractivity contribution in [3.8, 4) is 5.75 Å². The van der Waals surface area contributed by atoms with E-state index in [-0.39, 0.29) is 0 Å². The van der Waals surface area contributed by atoms with Gasteiger partial charge >= 0.3 is 0 Å². The number of hydrogen-bond donors (Lipinski definition) is 0. The lowest BCUT2D eigenvalue weighted by Gasteiger charge is -2.28. The maximum atomic E-state index is 5.21. The summed E-state index contributed by atoms with van der Waals surface area (Å²) in [7, 11) is 1.73. The van der Waals surface area contributed by atoms with Gasteiger partial charge in [0, 0.05) is 0 Å². The Balaban J connectivity index is 1.91. The maximum Gasteiger partial charge on any atom is 0.118 e. The third-order valence-corrected chi connectivity index (χ3v) is 4.13. The molecule has 1 aromatic carbocycles. The fourth-order valence-electron chi connectivity index (χ4n) is 3.07. The molecular weight excluding hydrogens is 208 g/mol. The molecule has 1 heteroatoms. The van der Waals surface area contributed by atoms with E-state index in [0.717, 1.165) is 17.6 Å². The van der Waals surface area contributed by atoms with E-state index < -0.39 is 0 Å². The predicted octanol–water partition coefficient (Wildman–Crippen LogP) is 4.77. The van der Waals surface area contributed by atoms with E-state index in [1.807, 2.05) is 0 Å². The van der Waals surface area contributed by atoms with Crippen LogP contribution >= 0.6 is 0 Å². The van der Waals surface area contributed by atoms with Crippen LogP contribution in [-0.4, -0.2) is 7.11 Å². The van der Waals surface area contributed by atoms with Crippen molar-refractivity contribution in [2.75, 3.05) is 7.11 Å². The average Bonchev–Trinajstić information content (AvgIpc) is 2.40. The first-order valence-corrected chi connectivity index (χ1v) is 6.97. The van der Waals surface area contributed by atoms with Gasteiger partial charge in [-0.15, -0.1) is 0 Å². The van der Waals surface area contributed by atoms with Gasteiger partial charge in [-0.2, -0.15) is 0 Å². The highest BCUT2D eigenvalue weighted by atomic mass is 16.5. The van der Waals surface area contributed by atoms with E-state index in [1.54, 1.807) is 7.11 Å². The minimum absolute atomic E-state index is 0.786. The number of benzene rings is 1. The van der Waals surface area contributed by atoms with Crippen molar-refractivity contribution >= 4 is 0 Å². The van der Waals surface area contributed by atoms with Crippen LogP contribution in [0.5, 0.6) is 5.75 Å². The summed E-state index contributed by atoms with van der Waals surface area (Å²) in [5.41, 5.74) is 1.50. The highest BCUT2D eigenvalue weighted by Gasteiger charge is 2.21. The Morgan fingerprint density at radius 2 is 1.71 bits per heavy atom. The highest BCUT2D eigenvalue weighted by molar-refractivity contribution is 5.29. The molecule has 0 bridgehead atoms. The second kappa shape index (κ2) is 6.09. The zero-order valence-corrected chi connectivity index (χ0v) is 11.1. The molecule has 0 heterocycles. The minimum atomic E-state index is 0.786. The molecule has 1 saturated carbocycles. The lowest BCUT2D eigenvalue weighted by Crippen LogP contribution is -2.13. The SMILES string of the molecule is CCCC1CCC(c2ccc(OC)cc2)CC1. The standard InChI is InChI=1S/C16H24O/c1-3-4-13-5-7-14(8-6-13)15-9-11-16(17-2)12-10-15/h9-14H,3-8H2,1-2H3. The molecule has 0 atom stereocenters. The van der Waals surface area contributed by atoms with Gasteiger partial charge in [-0.05, 0) is 55.2 Å². The zero-order valence-electron chi connectivity index (χ0n) is 11.1. The van der Waals surface area contributed by atoms with E-state index in [2.05, 4.69) is 31.2 Å². The number of rotatable bonds is 4. The number of ether oxygens (including phenoxy) is 1. The second-order valence-corrected chi connectivity index (χ2v) is 5.28. The number of hydrogen-bond acceptors (Lipinski definition) is 1. The van der Waals surface area contributed by atoms with Crippen LogP contribution in [0.15, 0.2) is 24.3 Å². The van der Waals surface area contributed by atoms with Crippen molar-refractivity contribution < 1.29 is 4.74 Å². The molecule has 0 amide bonds. The van der Waals surface area contributed by atoms with Gasteiger partial charge < -0.3 is 4.74 Å². The third kappa shape index (κ3) is 3.24. The normalized spacial score (nSPS) is 24.6. The van der Waals surface area contributed by atoms with E-state index in [9.17, 15) is 0 Å². The van der Waals surface area contributed by atoms with Gasteiger partial charge in [0.05, 0.1) is 7.11 Å². The molecule has 1 aromatic rings. The lowest BCUT2D eigenvalue weighted by atomic mass is 9.77. The molecule has 0 aromatic heterocycles. The van der Waals surface area contributed by atoms with Crippen molar-refractivity contribution in [2.45, 2.75) is 51.4 Å². The second-order valence-electron chi connectivity index (χ2n) is 5.28. The smallest absolute Gasteiger partial charge is 0.118 e. The third-order valence-electron chi connectivity index (χ3n) is 4.13. The maximum absolute atomic E-state index is 5.21. The molecule has 0 unspecified atom stereocenters. The van der Waals surface area contributed by atoms with Crippen LogP contribution in [0.1, 0.15) is 56.9 Å². The van der Waals surface area contributed by atoms with E-state index in [1.165, 1.54) is 44.1 Å². The summed E-state index contributed by atoms with van der Waals surface area (Å²) in [5, 5.41) is 0.